The van der Waals surface area contributed by atoms with E-state index in [-0.39, 0.29) is 18.3 Å². The van der Waals surface area contributed by atoms with Gasteiger partial charge in [0.15, 0.2) is 0 Å². The molecule has 0 fully saturated rings. The third-order valence-corrected chi connectivity index (χ3v) is 3.39. The highest BCUT2D eigenvalue weighted by atomic mass is 16.5. The van der Waals surface area contributed by atoms with Crippen LogP contribution in [0.4, 0.5) is 0 Å². The lowest BCUT2D eigenvalue weighted by Gasteiger charge is -2.13. The number of carbonyl (C=O) groups excluding carboxylic acids is 2. The smallest absolute Gasteiger partial charge is 0.307 e. The van der Waals surface area contributed by atoms with E-state index >= 15 is 0 Å². The summed E-state index contributed by atoms with van der Waals surface area (Å²) in [4.78, 5) is 24.4. The number of nitrogens with zero attached hydrogens (tertiary/aromatic N) is 1. The number of fused-ring (bicyclic) bond motifs is 1. The average molecular weight is 289 g/mol. The van der Waals surface area contributed by atoms with Crippen LogP contribution in [0.1, 0.15) is 17.5 Å². The van der Waals surface area contributed by atoms with Crippen LogP contribution in [-0.2, 0) is 20.7 Å². The predicted octanol–water partition coefficient (Wildman–Crippen LogP) is 1.66. The van der Waals surface area contributed by atoms with Crippen LogP contribution in [0.25, 0.3) is 6.08 Å². The molecule has 1 aliphatic heterocycles. The van der Waals surface area contributed by atoms with Crippen molar-refractivity contribution < 1.29 is 19.1 Å². The summed E-state index contributed by atoms with van der Waals surface area (Å²) in [6, 6.07) is 5.87. The molecule has 1 aromatic carbocycles. The van der Waals surface area contributed by atoms with Crippen molar-refractivity contribution in [3.63, 3.8) is 0 Å². The lowest BCUT2D eigenvalue weighted by Crippen LogP contribution is -2.27. The maximum absolute atomic E-state index is 11.9. The molecule has 21 heavy (non-hydrogen) atoms. The second-order valence-electron chi connectivity index (χ2n) is 4.88. The number of hydrogen-bond acceptors (Lipinski definition) is 4. The van der Waals surface area contributed by atoms with Crippen molar-refractivity contribution >= 4 is 18.0 Å². The van der Waals surface area contributed by atoms with Crippen LogP contribution in [0, 0.1) is 0 Å². The number of methoxy groups -OCH3 is 1. The van der Waals surface area contributed by atoms with Crippen molar-refractivity contribution in [1.82, 2.24) is 4.90 Å². The van der Waals surface area contributed by atoms with Gasteiger partial charge in [-0.15, -0.1) is 0 Å². The van der Waals surface area contributed by atoms with Crippen molar-refractivity contribution in [3.8, 4) is 5.75 Å². The van der Waals surface area contributed by atoms with E-state index in [0.29, 0.717) is 6.54 Å². The molecule has 0 unspecified atom stereocenters. The van der Waals surface area contributed by atoms with Gasteiger partial charge in [0, 0.05) is 26.1 Å². The molecule has 5 nitrogen and oxygen atoms in total. The summed E-state index contributed by atoms with van der Waals surface area (Å²) in [6.45, 7) is 1.06. The lowest BCUT2D eigenvalue weighted by molar-refractivity contribution is -0.141. The fourth-order valence-corrected chi connectivity index (χ4v) is 2.08. The first-order chi connectivity index (χ1) is 10.1. The Kier molecular flexibility index (Phi) is 4.98. The van der Waals surface area contributed by atoms with Gasteiger partial charge in [-0.3, -0.25) is 9.59 Å². The third kappa shape index (κ3) is 4.08. The van der Waals surface area contributed by atoms with Crippen LogP contribution in [0.15, 0.2) is 24.3 Å². The Hall–Kier alpha value is -2.30. The third-order valence-electron chi connectivity index (χ3n) is 3.39. The molecule has 1 aliphatic rings. The summed E-state index contributed by atoms with van der Waals surface area (Å²) < 4.78 is 9.98. The topological polar surface area (TPSA) is 55.8 Å². The maximum Gasteiger partial charge on any atom is 0.307 e. The fraction of sp³-hybridized carbons (Fsp3) is 0.375. The molecule has 112 valence electrons. The molecule has 0 radical (unpaired) electrons. The van der Waals surface area contributed by atoms with Gasteiger partial charge in [-0.1, -0.05) is 6.07 Å². The number of carbonyl (C=O) groups is 2. The van der Waals surface area contributed by atoms with Crippen molar-refractivity contribution in [2.45, 2.75) is 12.8 Å². The minimum atomic E-state index is -0.322. The summed E-state index contributed by atoms with van der Waals surface area (Å²) in [5.74, 6) is 0.460. The molecule has 0 aliphatic carbocycles. The van der Waals surface area contributed by atoms with Gasteiger partial charge in [0.1, 0.15) is 5.75 Å². The van der Waals surface area contributed by atoms with Crippen molar-refractivity contribution in [2.24, 2.45) is 0 Å². The largest absolute Gasteiger partial charge is 0.493 e. The van der Waals surface area contributed by atoms with Crippen LogP contribution in [-0.4, -0.2) is 44.1 Å². The normalized spacial score (nSPS) is 12.9. The number of hydrogen-bond donors (Lipinski definition) is 0. The van der Waals surface area contributed by atoms with Gasteiger partial charge >= 0.3 is 5.97 Å². The van der Waals surface area contributed by atoms with E-state index in [9.17, 15) is 9.59 Å². The summed E-state index contributed by atoms with van der Waals surface area (Å²) >= 11 is 0. The van der Waals surface area contributed by atoms with Gasteiger partial charge in [0.2, 0.25) is 5.91 Å². The monoisotopic (exact) mass is 289 g/mol. The Morgan fingerprint density at radius 2 is 2.24 bits per heavy atom. The first-order valence-corrected chi connectivity index (χ1v) is 6.86. The van der Waals surface area contributed by atoms with E-state index in [4.69, 9.17) is 4.74 Å². The van der Waals surface area contributed by atoms with E-state index in [1.165, 1.54) is 23.6 Å². The second kappa shape index (κ2) is 6.92. The second-order valence-corrected chi connectivity index (χ2v) is 4.88. The molecule has 1 amide bonds. The van der Waals surface area contributed by atoms with Gasteiger partial charge in [0.05, 0.1) is 20.1 Å². The van der Waals surface area contributed by atoms with Gasteiger partial charge in [-0.2, -0.15) is 0 Å². The summed E-state index contributed by atoms with van der Waals surface area (Å²) in [6.07, 6.45) is 4.39. The molecule has 0 bridgehead atoms. The average Bonchev–Trinajstić information content (AvgIpc) is 2.97. The SMILES string of the molecule is COC(=O)CCN(C)C(=O)C=Cc1ccc2c(c1)CCO2. The molecule has 1 heterocycles. The molecule has 0 saturated carbocycles. The lowest BCUT2D eigenvalue weighted by atomic mass is 10.1. The van der Waals surface area contributed by atoms with Crippen LogP contribution < -0.4 is 4.74 Å². The van der Waals surface area contributed by atoms with Crippen molar-refractivity contribution in [2.75, 3.05) is 27.3 Å². The van der Waals surface area contributed by atoms with Gasteiger partial charge < -0.3 is 14.4 Å². The summed E-state index contributed by atoms with van der Waals surface area (Å²) in [7, 11) is 2.99. The molecule has 0 N–H and O–H groups in total. The molecule has 0 aromatic heterocycles. The Bertz CT molecular complexity index is 565. The van der Waals surface area contributed by atoms with Gasteiger partial charge in [-0.05, 0) is 29.3 Å². The number of esters is 1. The first kappa shape index (κ1) is 15.1. The van der Waals surface area contributed by atoms with Gasteiger partial charge in [0.25, 0.3) is 0 Å². The van der Waals surface area contributed by atoms with E-state index in [1.54, 1.807) is 13.1 Å². The zero-order valence-corrected chi connectivity index (χ0v) is 12.3. The summed E-state index contributed by atoms with van der Waals surface area (Å²) in [5.41, 5.74) is 2.14. The molecule has 0 atom stereocenters. The Morgan fingerprint density at radius 1 is 1.43 bits per heavy atom. The molecular formula is C16H19NO4. The van der Waals surface area contributed by atoms with Gasteiger partial charge in [-0.25, -0.2) is 0 Å². The van der Waals surface area contributed by atoms with E-state index in [0.717, 1.165) is 24.3 Å². The highest BCUT2D eigenvalue weighted by Crippen LogP contribution is 2.26. The molecule has 5 heteroatoms. The number of likely N-dealkylation sites (N-methyl/N-ethyl adjacent to an activating group) is 1. The fourth-order valence-electron chi connectivity index (χ4n) is 2.08. The van der Waals surface area contributed by atoms with E-state index in [2.05, 4.69) is 4.74 Å². The molecule has 0 spiro atoms. The maximum atomic E-state index is 11.9. The summed E-state index contributed by atoms with van der Waals surface area (Å²) in [5, 5.41) is 0. The van der Waals surface area contributed by atoms with Crippen molar-refractivity contribution in [3.05, 3.63) is 35.4 Å². The Labute approximate surface area is 124 Å². The molecular weight excluding hydrogens is 270 g/mol. The van der Waals surface area contributed by atoms with E-state index < -0.39 is 0 Å². The predicted molar refractivity (Wildman–Crippen MR) is 78.9 cm³/mol. The zero-order valence-electron chi connectivity index (χ0n) is 12.3. The number of rotatable bonds is 5. The van der Waals surface area contributed by atoms with Crippen LogP contribution >= 0.6 is 0 Å². The van der Waals surface area contributed by atoms with Crippen LogP contribution in [0.3, 0.4) is 0 Å². The van der Waals surface area contributed by atoms with Crippen LogP contribution in [0.2, 0.25) is 0 Å². The Balaban J connectivity index is 1.91. The van der Waals surface area contributed by atoms with E-state index in [1.807, 2.05) is 18.2 Å². The minimum absolute atomic E-state index is 0.143. The molecule has 0 saturated heterocycles. The number of benzene rings is 1. The minimum Gasteiger partial charge on any atom is -0.493 e. The standard InChI is InChI=1S/C16H19NO4/c1-17(9-7-16(19)20-2)15(18)6-4-12-3-5-14-13(11-12)8-10-21-14/h3-6,11H,7-10H2,1-2H3. The van der Waals surface area contributed by atoms with Crippen molar-refractivity contribution in [1.29, 1.82) is 0 Å². The number of ether oxygens (including phenoxy) is 2. The highest BCUT2D eigenvalue weighted by Gasteiger charge is 2.11. The Morgan fingerprint density at radius 3 is 3.00 bits per heavy atom. The molecule has 1 aromatic rings. The quantitative estimate of drug-likeness (QED) is 0.611. The number of amides is 1. The first-order valence-electron chi connectivity index (χ1n) is 6.86. The van der Waals surface area contributed by atoms with Crippen LogP contribution in [0.5, 0.6) is 5.75 Å². The highest BCUT2D eigenvalue weighted by molar-refractivity contribution is 5.91. The zero-order chi connectivity index (χ0) is 15.2. The molecule has 2 rings (SSSR count).